The minimum absolute atomic E-state index is 0.0322. The van der Waals surface area contributed by atoms with Gasteiger partial charge in [0.1, 0.15) is 11.5 Å². The number of ether oxygens (including phenoxy) is 2. The van der Waals surface area contributed by atoms with Crippen LogP contribution in [0.5, 0.6) is 11.5 Å². The van der Waals surface area contributed by atoms with Crippen LogP contribution in [0, 0.1) is 5.92 Å². The largest absolute Gasteiger partial charge is 0.497 e. The second-order valence-electron chi connectivity index (χ2n) is 8.41. The third-order valence-electron chi connectivity index (χ3n) is 6.37. The van der Waals surface area contributed by atoms with Crippen molar-refractivity contribution in [3.8, 4) is 11.5 Å². The van der Waals surface area contributed by atoms with Crippen molar-refractivity contribution in [2.45, 2.75) is 24.2 Å². The number of methoxy groups -OCH3 is 2. The molecule has 34 heavy (non-hydrogen) atoms. The highest BCUT2D eigenvalue weighted by atomic mass is 32.2. The third-order valence-corrected chi connectivity index (χ3v) is 8.27. The van der Waals surface area contributed by atoms with Gasteiger partial charge < -0.3 is 14.8 Å². The molecule has 180 valence electrons. The van der Waals surface area contributed by atoms with E-state index in [4.69, 9.17) is 9.47 Å². The molecule has 0 unspecified atom stereocenters. The second-order valence-corrected chi connectivity index (χ2v) is 10.3. The van der Waals surface area contributed by atoms with Crippen molar-refractivity contribution in [3.05, 3.63) is 66.2 Å². The summed E-state index contributed by atoms with van der Waals surface area (Å²) in [5.74, 6) is 1.21. The maximum Gasteiger partial charge on any atom is 0.243 e. The quantitative estimate of drug-likeness (QED) is 0.530. The number of sulfonamides is 1. The standard InChI is InChI=1S/C26H30N2O5S/c1-32-23-9-7-20(25(18-23)33-2)11-14-27-26(29)21-12-15-28(16-13-21)34(30,31)24-10-8-19-5-3-4-6-22(19)17-24/h3-10,17-18,21H,11-16H2,1-2H3,(H,27,29). The molecule has 0 spiro atoms. The van der Waals surface area contributed by atoms with E-state index >= 15 is 0 Å². The second kappa shape index (κ2) is 10.4. The fourth-order valence-corrected chi connectivity index (χ4v) is 5.86. The molecule has 1 heterocycles. The summed E-state index contributed by atoms with van der Waals surface area (Å²) in [6.45, 7) is 1.15. The Morgan fingerprint density at radius 2 is 1.71 bits per heavy atom. The number of hydrogen-bond acceptors (Lipinski definition) is 5. The molecule has 0 aliphatic carbocycles. The molecule has 8 heteroatoms. The number of hydrogen-bond donors (Lipinski definition) is 1. The average molecular weight is 483 g/mol. The van der Waals surface area contributed by atoms with Crippen LogP contribution >= 0.6 is 0 Å². The van der Waals surface area contributed by atoms with Gasteiger partial charge in [-0.2, -0.15) is 4.31 Å². The van der Waals surface area contributed by atoms with Crippen molar-refractivity contribution in [1.82, 2.24) is 9.62 Å². The van der Waals surface area contributed by atoms with Gasteiger partial charge in [0.2, 0.25) is 15.9 Å². The van der Waals surface area contributed by atoms with Crippen LogP contribution in [0.15, 0.2) is 65.6 Å². The van der Waals surface area contributed by atoms with Gasteiger partial charge >= 0.3 is 0 Å². The first-order valence-electron chi connectivity index (χ1n) is 11.4. The number of rotatable bonds is 8. The highest BCUT2D eigenvalue weighted by molar-refractivity contribution is 7.89. The summed E-state index contributed by atoms with van der Waals surface area (Å²) in [6, 6.07) is 18.5. The van der Waals surface area contributed by atoms with E-state index in [-0.39, 0.29) is 11.8 Å². The summed E-state index contributed by atoms with van der Waals surface area (Å²) in [7, 11) is -0.380. The van der Waals surface area contributed by atoms with Crippen LogP contribution in [0.2, 0.25) is 0 Å². The summed E-state index contributed by atoms with van der Waals surface area (Å²) >= 11 is 0. The SMILES string of the molecule is COc1ccc(CCNC(=O)C2CCN(S(=O)(=O)c3ccc4ccccc4c3)CC2)c(OC)c1. The molecular formula is C26H30N2O5S. The van der Waals surface area contributed by atoms with Gasteiger partial charge in [0.15, 0.2) is 0 Å². The van der Waals surface area contributed by atoms with E-state index < -0.39 is 10.0 Å². The number of amides is 1. The van der Waals surface area contributed by atoms with Crippen LogP contribution < -0.4 is 14.8 Å². The molecule has 1 N–H and O–H groups in total. The summed E-state index contributed by atoms with van der Waals surface area (Å²) in [5, 5.41) is 4.89. The van der Waals surface area contributed by atoms with Gasteiger partial charge in [0.25, 0.3) is 0 Å². The van der Waals surface area contributed by atoms with Gasteiger partial charge in [-0.1, -0.05) is 36.4 Å². The van der Waals surface area contributed by atoms with E-state index in [9.17, 15) is 13.2 Å². The van der Waals surface area contributed by atoms with E-state index in [1.165, 1.54) is 4.31 Å². The maximum absolute atomic E-state index is 13.1. The number of benzene rings is 3. The van der Waals surface area contributed by atoms with E-state index in [0.29, 0.717) is 43.8 Å². The zero-order valence-corrected chi connectivity index (χ0v) is 20.3. The lowest BCUT2D eigenvalue weighted by Crippen LogP contribution is -2.43. The number of nitrogens with zero attached hydrogens (tertiary/aromatic N) is 1. The van der Waals surface area contributed by atoms with Crippen molar-refractivity contribution in [1.29, 1.82) is 0 Å². The number of nitrogens with one attached hydrogen (secondary N) is 1. The predicted molar refractivity (Wildman–Crippen MR) is 132 cm³/mol. The van der Waals surface area contributed by atoms with Crippen LogP contribution in [0.25, 0.3) is 10.8 Å². The van der Waals surface area contributed by atoms with E-state index in [1.54, 1.807) is 26.4 Å². The van der Waals surface area contributed by atoms with Crippen LogP contribution in [-0.4, -0.2) is 52.5 Å². The molecule has 1 aliphatic rings. The Morgan fingerprint density at radius 3 is 2.41 bits per heavy atom. The fraction of sp³-hybridized carbons (Fsp3) is 0.346. The highest BCUT2D eigenvalue weighted by Gasteiger charge is 2.32. The Morgan fingerprint density at radius 1 is 0.971 bits per heavy atom. The van der Waals surface area contributed by atoms with E-state index in [2.05, 4.69) is 5.32 Å². The Bertz CT molecular complexity index is 1270. The molecule has 0 bridgehead atoms. The molecule has 1 saturated heterocycles. The van der Waals surface area contributed by atoms with Crippen LogP contribution in [0.3, 0.4) is 0 Å². The van der Waals surface area contributed by atoms with Crippen molar-refractivity contribution < 1.29 is 22.7 Å². The lowest BCUT2D eigenvalue weighted by Gasteiger charge is -2.30. The van der Waals surface area contributed by atoms with Crippen LogP contribution in [0.1, 0.15) is 18.4 Å². The summed E-state index contributed by atoms with van der Waals surface area (Å²) in [4.78, 5) is 13.0. The van der Waals surface area contributed by atoms with Crippen molar-refractivity contribution in [2.24, 2.45) is 5.92 Å². The monoisotopic (exact) mass is 482 g/mol. The molecule has 0 radical (unpaired) electrons. The molecule has 0 saturated carbocycles. The maximum atomic E-state index is 13.1. The Kier molecular flexibility index (Phi) is 7.38. The topological polar surface area (TPSA) is 84.9 Å². The van der Waals surface area contributed by atoms with Crippen molar-refractivity contribution in [2.75, 3.05) is 33.9 Å². The van der Waals surface area contributed by atoms with Gasteiger partial charge in [-0.05, 0) is 53.8 Å². The van der Waals surface area contributed by atoms with Crippen molar-refractivity contribution >= 4 is 26.7 Å². The Labute approximate surface area is 200 Å². The lowest BCUT2D eigenvalue weighted by atomic mass is 9.97. The average Bonchev–Trinajstić information content (AvgIpc) is 2.88. The molecule has 1 aliphatic heterocycles. The van der Waals surface area contributed by atoms with Crippen LogP contribution in [-0.2, 0) is 21.2 Å². The number of carbonyl (C=O) groups excluding carboxylic acids is 1. The number of piperidine rings is 1. The van der Waals surface area contributed by atoms with Gasteiger partial charge in [-0.25, -0.2) is 8.42 Å². The zero-order valence-electron chi connectivity index (χ0n) is 19.5. The molecule has 7 nitrogen and oxygen atoms in total. The molecule has 1 fully saturated rings. The normalized spacial score (nSPS) is 15.2. The lowest BCUT2D eigenvalue weighted by molar-refractivity contribution is -0.126. The first kappa shape index (κ1) is 24.0. The number of carbonyl (C=O) groups is 1. The molecular weight excluding hydrogens is 452 g/mol. The zero-order chi connectivity index (χ0) is 24.1. The molecule has 4 rings (SSSR count). The van der Waals surface area contributed by atoms with E-state index in [0.717, 1.165) is 27.8 Å². The summed E-state index contributed by atoms with van der Waals surface area (Å²) < 4.78 is 38.4. The molecule has 1 amide bonds. The first-order chi connectivity index (χ1) is 16.4. The number of fused-ring (bicyclic) bond motifs is 1. The predicted octanol–water partition coefficient (Wildman–Crippen LogP) is 3.62. The van der Waals surface area contributed by atoms with Gasteiger partial charge in [0, 0.05) is 31.6 Å². The summed E-state index contributed by atoms with van der Waals surface area (Å²) in [5.41, 5.74) is 0.986. The Hall–Kier alpha value is -3.10. The molecule has 0 aromatic heterocycles. The van der Waals surface area contributed by atoms with Crippen LogP contribution in [0.4, 0.5) is 0 Å². The Balaban J connectivity index is 1.31. The van der Waals surface area contributed by atoms with Crippen molar-refractivity contribution in [3.63, 3.8) is 0 Å². The first-order valence-corrected chi connectivity index (χ1v) is 12.8. The molecule has 0 atom stereocenters. The van der Waals surface area contributed by atoms with Gasteiger partial charge in [-0.15, -0.1) is 0 Å². The van der Waals surface area contributed by atoms with E-state index in [1.807, 2.05) is 48.5 Å². The van der Waals surface area contributed by atoms with Gasteiger partial charge in [0.05, 0.1) is 19.1 Å². The molecule has 3 aromatic rings. The minimum Gasteiger partial charge on any atom is -0.497 e. The fourth-order valence-electron chi connectivity index (χ4n) is 4.36. The van der Waals surface area contributed by atoms with Gasteiger partial charge in [-0.3, -0.25) is 4.79 Å². The smallest absolute Gasteiger partial charge is 0.243 e. The minimum atomic E-state index is -3.59. The highest BCUT2D eigenvalue weighted by Crippen LogP contribution is 2.27. The summed E-state index contributed by atoms with van der Waals surface area (Å²) in [6.07, 6.45) is 1.64. The molecule has 3 aromatic carbocycles. The third kappa shape index (κ3) is 5.18.